The van der Waals surface area contributed by atoms with Crippen LogP contribution in [0.2, 0.25) is 5.02 Å². The molecule has 2 aromatic carbocycles. The molecule has 1 saturated heterocycles. The van der Waals surface area contributed by atoms with Crippen molar-refractivity contribution in [2.75, 3.05) is 26.7 Å². The Labute approximate surface area is 195 Å². The highest BCUT2D eigenvalue weighted by Gasteiger charge is 2.34. The minimum absolute atomic E-state index is 0.00429. The van der Waals surface area contributed by atoms with Crippen molar-refractivity contribution in [3.63, 3.8) is 0 Å². The van der Waals surface area contributed by atoms with Gasteiger partial charge in [-0.2, -0.15) is 4.31 Å². The van der Waals surface area contributed by atoms with Crippen LogP contribution in [-0.4, -0.2) is 61.4 Å². The number of carbonyl (C=O) groups excluding carboxylic acids is 3. The molecule has 1 N–H and O–H groups in total. The first-order valence-electron chi connectivity index (χ1n) is 9.47. The molecule has 0 unspecified atom stereocenters. The van der Waals surface area contributed by atoms with E-state index < -0.39 is 33.6 Å². The third kappa shape index (κ3) is 5.77. The third-order valence-electron chi connectivity index (χ3n) is 4.52. The molecule has 8 nitrogen and oxygen atoms in total. The molecule has 0 bridgehead atoms. The molecular formula is C21H20ClN3O5S2. The second kappa shape index (κ2) is 10.3. The van der Waals surface area contributed by atoms with Crippen LogP contribution in [0.25, 0.3) is 6.08 Å². The molecule has 0 saturated carbocycles. The standard InChI is InChI=1S/C21H20ClN3O5S2/c1-24(32(29,30)17-9-7-16(22)8-10-17)14-19(26)23-11-12-25-20(27)18(31-21(25)28)13-15-5-3-2-4-6-15/h2-10,13H,11-12,14H2,1H3,(H,23,26). The Balaban J connectivity index is 1.52. The van der Waals surface area contributed by atoms with Crippen LogP contribution in [-0.2, 0) is 19.6 Å². The fraction of sp³-hybridized carbons (Fsp3) is 0.190. The molecule has 11 heteroatoms. The van der Waals surface area contributed by atoms with Gasteiger partial charge in [0.05, 0.1) is 16.3 Å². The van der Waals surface area contributed by atoms with Crippen LogP contribution in [0, 0.1) is 0 Å². The summed E-state index contributed by atoms with van der Waals surface area (Å²) in [5.74, 6) is -0.989. The number of carbonyl (C=O) groups is 3. The van der Waals surface area contributed by atoms with Gasteiger partial charge in [0.2, 0.25) is 15.9 Å². The Kier molecular flexibility index (Phi) is 7.73. The molecule has 1 fully saturated rings. The largest absolute Gasteiger partial charge is 0.353 e. The summed E-state index contributed by atoms with van der Waals surface area (Å²) < 4.78 is 26.0. The van der Waals surface area contributed by atoms with E-state index in [1.165, 1.54) is 31.3 Å². The number of imide groups is 1. The number of hydrogen-bond acceptors (Lipinski definition) is 6. The lowest BCUT2D eigenvalue weighted by Gasteiger charge is -2.18. The normalized spacial score (nSPS) is 15.6. The minimum atomic E-state index is -3.86. The van der Waals surface area contributed by atoms with Gasteiger partial charge >= 0.3 is 0 Å². The summed E-state index contributed by atoms with van der Waals surface area (Å²) in [6.45, 7) is -0.429. The molecule has 3 rings (SSSR count). The average Bonchev–Trinajstić information content (AvgIpc) is 3.02. The van der Waals surface area contributed by atoms with Crippen LogP contribution in [0.15, 0.2) is 64.4 Å². The molecule has 168 valence electrons. The topological polar surface area (TPSA) is 104 Å². The average molecular weight is 494 g/mol. The first-order valence-corrected chi connectivity index (χ1v) is 12.1. The van der Waals surface area contributed by atoms with Gasteiger partial charge in [0, 0.05) is 25.2 Å². The zero-order valence-corrected chi connectivity index (χ0v) is 19.4. The number of nitrogens with zero attached hydrogens (tertiary/aromatic N) is 2. The Bertz CT molecular complexity index is 1150. The Morgan fingerprint density at radius 2 is 1.78 bits per heavy atom. The number of rotatable bonds is 8. The van der Waals surface area contributed by atoms with Gasteiger partial charge in [0.1, 0.15) is 0 Å². The molecule has 1 heterocycles. The lowest BCUT2D eigenvalue weighted by atomic mass is 10.2. The summed E-state index contributed by atoms with van der Waals surface area (Å²) in [5, 5.41) is 2.51. The van der Waals surface area contributed by atoms with Crippen molar-refractivity contribution in [1.82, 2.24) is 14.5 Å². The second-order valence-corrected chi connectivity index (χ2v) is 10.3. The highest BCUT2D eigenvalue weighted by Crippen LogP contribution is 2.31. The van der Waals surface area contributed by atoms with Gasteiger partial charge in [-0.05, 0) is 47.7 Å². The van der Waals surface area contributed by atoms with E-state index in [1.54, 1.807) is 6.08 Å². The molecule has 0 atom stereocenters. The molecule has 32 heavy (non-hydrogen) atoms. The molecule has 0 spiro atoms. The number of hydrogen-bond donors (Lipinski definition) is 1. The molecule has 2 aromatic rings. The van der Waals surface area contributed by atoms with E-state index >= 15 is 0 Å². The van der Waals surface area contributed by atoms with Crippen LogP contribution in [0.1, 0.15) is 5.56 Å². The Morgan fingerprint density at radius 3 is 2.44 bits per heavy atom. The number of sulfonamides is 1. The lowest BCUT2D eigenvalue weighted by molar-refractivity contribution is -0.124. The summed E-state index contributed by atoms with van der Waals surface area (Å²) in [6.07, 6.45) is 1.64. The van der Waals surface area contributed by atoms with Crippen molar-refractivity contribution in [3.05, 3.63) is 70.1 Å². The monoisotopic (exact) mass is 493 g/mol. The van der Waals surface area contributed by atoms with E-state index in [1.807, 2.05) is 30.3 Å². The maximum atomic E-state index is 12.5. The van der Waals surface area contributed by atoms with Crippen molar-refractivity contribution < 1.29 is 22.8 Å². The zero-order valence-electron chi connectivity index (χ0n) is 17.0. The predicted octanol–water partition coefficient (Wildman–Crippen LogP) is 2.81. The predicted molar refractivity (Wildman–Crippen MR) is 123 cm³/mol. The van der Waals surface area contributed by atoms with E-state index in [-0.39, 0.29) is 18.0 Å². The van der Waals surface area contributed by atoms with Crippen LogP contribution in [0.5, 0.6) is 0 Å². The van der Waals surface area contributed by atoms with Crippen LogP contribution in [0.3, 0.4) is 0 Å². The van der Waals surface area contributed by atoms with Gasteiger partial charge in [-0.25, -0.2) is 8.42 Å². The van der Waals surface area contributed by atoms with E-state index in [2.05, 4.69) is 5.32 Å². The molecule has 0 aliphatic carbocycles. The maximum Gasteiger partial charge on any atom is 0.293 e. The maximum absolute atomic E-state index is 12.5. The van der Waals surface area contributed by atoms with Crippen molar-refractivity contribution in [2.24, 2.45) is 0 Å². The summed E-state index contributed by atoms with van der Waals surface area (Å²) in [7, 11) is -2.58. The molecule has 1 aliphatic rings. The fourth-order valence-corrected chi connectivity index (χ4v) is 4.95. The van der Waals surface area contributed by atoms with Gasteiger partial charge in [-0.3, -0.25) is 19.3 Å². The number of halogens is 1. The van der Waals surface area contributed by atoms with Crippen molar-refractivity contribution in [3.8, 4) is 0 Å². The van der Waals surface area contributed by atoms with Crippen molar-refractivity contribution in [1.29, 1.82) is 0 Å². The van der Waals surface area contributed by atoms with Gasteiger partial charge in [-0.15, -0.1) is 0 Å². The van der Waals surface area contributed by atoms with E-state index in [4.69, 9.17) is 11.6 Å². The zero-order chi connectivity index (χ0) is 23.3. The second-order valence-electron chi connectivity index (χ2n) is 6.81. The quantitative estimate of drug-likeness (QED) is 0.567. The van der Waals surface area contributed by atoms with E-state index in [0.717, 1.165) is 26.5 Å². The molecule has 0 radical (unpaired) electrons. The molecule has 0 aromatic heterocycles. The van der Waals surface area contributed by atoms with Crippen LogP contribution >= 0.6 is 23.4 Å². The van der Waals surface area contributed by atoms with Gasteiger partial charge in [-0.1, -0.05) is 41.9 Å². The van der Waals surface area contributed by atoms with E-state index in [0.29, 0.717) is 9.93 Å². The third-order valence-corrected chi connectivity index (χ3v) is 7.49. The molecular weight excluding hydrogens is 474 g/mol. The minimum Gasteiger partial charge on any atom is -0.353 e. The Morgan fingerprint density at radius 1 is 1.12 bits per heavy atom. The van der Waals surface area contributed by atoms with Crippen LogP contribution < -0.4 is 5.32 Å². The number of nitrogens with one attached hydrogen (secondary N) is 1. The first kappa shape index (κ1) is 24.0. The lowest BCUT2D eigenvalue weighted by Crippen LogP contribution is -2.42. The van der Waals surface area contributed by atoms with E-state index in [9.17, 15) is 22.8 Å². The smallest absolute Gasteiger partial charge is 0.293 e. The number of benzene rings is 2. The number of thioether (sulfide) groups is 1. The number of amides is 3. The van der Waals surface area contributed by atoms with Crippen molar-refractivity contribution >= 4 is 56.5 Å². The number of likely N-dealkylation sites (N-methyl/N-ethyl adjacent to an activating group) is 1. The SMILES string of the molecule is CN(CC(=O)NCCN1C(=O)SC(=Cc2ccccc2)C1=O)S(=O)(=O)c1ccc(Cl)cc1. The van der Waals surface area contributed by atoms with Crippen molar-refractivity contribution in [2.45, 2.75) is 4.90 Å². The summed E-state index contributed by atoms with van der Waals surface area (Å²) in [5.41, 5.74) is 0.802. The van der Waals surface area contributed by atoms with Gasteiger partial charge in [0.25, 0.3) is 11.1 Å². The Hall–Kier alpha value is -2.66. The van der Waals surface area contributed by atoms with Gasteiger partial charge < -0.3 is 5.32 Å². The van der Waals surface area contributed by atoms with Crippen LogP contribution in [0.4, 0.5) is 4.79 Å². The highest BCUT2D eigenvalue weighted by molar-refractivity contribution is 8.18. The summed E-state index contributed by atoms with van der Waals surface area (Å²) in [6, 6.07) is 14.8. The first-order chi connectivity index (χ1) is 15.2. The summed E-state index contributed by atoms with van der Waals surface area (Å²) in [4.78, 5) is 38.2. The summed E-state index contributed by atoms with van der Waals surface area (Å²) >= 11 is 6.61. The molecule has 3 amide bonds. The fourth-order valence-electron chi connectivity index (χ4n) is 2.83. The van der Waals surface area contributed by atoms with Gasteiger partial charge in [0.15, 0.2) is 0 Å². The highest BCUT2D eigenvalue weighted by atomic mass is 35.5. The molecule has 1 aliphatic heterocycles.